The average Bonchev–Trinajstić information content (AvgIpc) is 3.00. The molecule has 2 amide bonds. The van der Waals surface area contributed by atoms with Crippen molar-refractivity contribution in [3.8, 4) is 0 Å². The van der Waals surface area contributed by atoms with Gasteiger partial charge in [-0.25, -0.2) is 4.79 Å². The number of aliphatic hydroxyl groups excluding tert-OH is 1. The van der Waals surface area contributed by atoms with E-state index >= 15 is 0 Å². The van der Waals surface area contributed by atoms with Crippen LogP contribution in [0, 0.1) is 10.1 Å². The number of thiol groups is 1. The first-order valence-corrected chi connectivity index (χ1v) is 8.17. The number of hydrogen-bond donors (Lipinski definition) is 3. The van der Waals surface area contributed by atoms with Crippen molar-refractivity contribution in [3.05, 3.63) is 39.9 Å². The second-order valence-electron chi connectivity index (χ2n) is 5.55. The van der Waals surface area contributed by atoms with Crippen LogP contribution in [-0.4, -0.2) is 57.9 Å². The Balaban J connectivity index is 1.93. The number of aliphatic hydroxyl groups is 1. The number of likely N-dealkylation sites (tertiary alicyclic amines) is 1. The number of rotatable bonds is 6. The summed E-state index contributed by atoms with van der Waals surface area (Å²) >= 11 is 4.32. The number of carbonyl (C=O) groups is 2. The number of nitro benzene ring substituents is 1. The summed E-state index contributed by atoms with van der Waals surface area (Å²) in [6, 6.07) is 4.96. The zero-order valence-electron chi connectivity index (χ0n) is 13.3. The van der Waals surface area contributed by atoms with Gasteiger partial charge in [0.25, 0.3) is 5.69 Å². The molecule has 1 aromatic carbocycles. The van der Waals surface area contributed by atoms with E-state index in [1.165, 1.54) is 29.2 Å². The molecular formula is C15H19N3O6S. The minimum absolute atomic E-state index is 0.0480. The molecule has 2 rings (SSSR count). The molecule has 0 spiro atoms. The topological polar surface area (TPSA) is 122 Å². The van der Waals surface area contributed by atoms with Gasteiger partial charge in [0.1, 0.15) is 12.6 Å². The van der Waals surface area contributed by atoms with Crippen molar-refractivity contribution in [1.82, 2.24) is 10.2 Å². The number of nitro groups is 1. The first kappa shape index (κ1) is 19.0. The highest BCUT2D eigenvalue weighted by Crippen LogP contribution is 2.23. The zero-order valence-corrected chi connectivity index (χ0v) is 14.2. The Kier molecular flexibility index (Phi) is 6.59. The van der Waals surface area contributed by atoms with Crippen molar-refractivity contribution < 1.29 is 24.4 Å². The highest BCUT2D eigenvalue weighted by Gasteiger charge is 2.39. The van der Waals surface area contributed by atoms with Gasteiger partial charge in [0.15, 0.2) is 0 Å². The lowest BCUT2D eigenvalue weighted by molar-refractivity contribution is -0.384. The molecule has 2 atom stereocenters. The molecule has 0 radical (unpaired) electrons. The fraction of sp³-hybridized carbons (Fsp3) is 0.467. The van der Waals surface area contributed by atoms with E-state index in [0.29, 0.717) is 12.0 Å². The predicted molar refractivity (Wildman–Crippen MR) is 91.3 cm³/mol. The maximum atomic E-state index is 12.3. The van der Waals surface area contributed by atoms with E-state index in [-0.39, 0.29) is 43.1 Å². The van der Waals surface area contributed by atoms with Crippen molar-refractivity contribution in [3.63, 3.8) is 0 Å². The van der Waals surface area contributed by atoms with Gasteiger partial charge in [-0.05, 0) is 24.1 Å². The summed E-state index contributed by atoms with van der Waals surface area (Å²) in [7, 11) is 0. The smallest absolute Gasteiger partial charge is 0.410 e. The highest BCUT2D eigenvalue weighted by atomic mass is 32.1. The molecule has 0 saturated carbocycles. The Morgan fingerprint density at radius 3 is 2.68 bits per heavy atom. The van der Waals surface area contributed by atoms with Crippen LogP contribution < -0.4 is 5.32 Å². The Morgan fingerprint density at radius 1 is 1.40 bits per heavy atom. The molecule has 1 aromatic rings. The molecule has 1 aliphatic heterocycles. The van der Waals surface area contributed by atoms with Gasteiger partial charge in [-0.2, -0.15) is 12.6 Å². The summed E-state index contributed by atoms with van der Waals surface area (Å²) in [6.45, 7) is 0.139. The number of nitrogens with one attached hydrogen (secondary N) is 1. The summed E-state index contributed by atoms with van der Waals surface area (Å²) in [5, 5.41) is 21.8. The Bertz CT molecular complexity index is 639. The van der Waals surface area contributed by atoms with E-state index in [0.717, 1.165) is 0 Å². The molecular weight excluding hydrogens is 350 g/mol. The summed E-state index contributed by atoms with van der Waals surface area (Å²) in [5.41, 5.74) is 0.551. The molecule has 25 heavy (non-hydrogen) atoms. The minimum Gasteiger partial charge on any atom is -0.445 e. The maximum Gasteiger partial charge on any atom is 0.410 e. The van der Waals surface area contributed by atoms with Crippen molar-refractivity contribution >= 4 is 30.3 Å². The molecule has 10 heteroatoms. The van der Waals surface area contributed by atoms with E-state index < -0.39 is 17.1 Å². The van der Waals surface area contributed by atoms with Crippen LogP contribution in [-0.2, 0) is 16.1 Å². The molecule has 1 fully saturated rings. The molecule has 0 unspecified atom stereocenters. The minimum atomic E-state index is -0.696. The zero-order chi connectivity index (χ0) is 18.4. The van der Waals surface area contributed by atoms with Crippen molar-refractivity contribution in [2.45, 2.75) is 24.3 Å². The van der Waals surface area contributed by atoms with Gasteiger partial charge in [0.2, 0.25) is 5.91 Å². The van der Waals surface area contributed by atoms with Gasteiger partial charge in [-0.1, -0.05) is 0 Å². The summed E-state index contributed by atoms with van der Waals surface area (Å²) < 4.78 is 5.20. The number of amides is 2. The number of benzene rings is 1. The van der Waals surface area contributed by atoms with Crippen LogP contribution in [0.4, 0.5) is 10.5 Å². The van der Waals surface area contributed by atoms with E-state index in [4.69, 9.17) is 9.84 Å². The average molecular weight is 369 g/mol. The van der Waals surface area contributed by atoms with Crippen LogP contribution in [0.2, 0.25) is 0 Å². The SMILES string of the molecule is O=C(NCCO)[C@@H]1C[C@H](S)CN1C(=O)OCc1ccc([N+](=O)[O-])cc1. The summed E-state index contributed by atoms with van der Waals surface area (Å²) in [4.78, 5) is 35.7. The van der Waals surface area contributed by atoms with E-state index in [9.17, 15) is 19.7 Å². The summed E-state index contributed by atoms with van der Waals surface area (Å²) in [6.07, 6.45) is -0.258. The van der Waals surface area contributed by atoms with Crippen LogP contribution in [0.5, 0.6) is 0 Å². The molecule has 1 saturated heterocycles. The van der Waals surface area contributed by atoms with Gasteiger partial charge in [0, 0.05) is 30.5 Å². The Morgan fingerprint density at radius 2 is 2.08 bits per heavy atom. The largest absolute Gasteiger partial charge is 0.445 e. The molecule has 0 bridgehead atoms. The van der Waals surface area contributed by atoms with E-state index in [2.05, 4.69) is 17.9 Å². The lowest BCUT2D eigenvalue weighted by Gasteiger charge is -2.23. The van der Waals surface area contributed by atoms with Crippen LogP contribution in [0.15, 0.2) is 24.3 Å². The van der Waals surface area contributed by atoms with Crippen molar-refractivity contribution in [2.24, 2.45) is 0 Å². The lowest BCUT2D eigenvalue weighted by Crippen LogP contribution is -2.46. The number of carbonyl (C=O) groups excluding carboxylic acids is 2. The van der Waals surface area contributed by atoms with Gasteiger partial charge >= 0.3 is 6.09 Å². The highest BCUT2D eigenvalue weighted by molar-refractivity contribution is 7.81. The van der Waals surface area contributed by atoms with Crippen molar-refractivity contribution in [2.75, 3.05) is 19.7 Å². The number of non-ortho nitro benzene ring substituents is 1. The molecule has 1 heterocycles. The van der Waals surface area contributed by atoms with Gasteiger partial charge in [0.05, 0.1) is 11.5 Å². The monoisotopic (exact) mass is 369 g/mol. The Labute approximate surface area is 149 Å². The van der Waals surface area contributed by atoms with Crippen LogP contribution in [0.1, 0.15) is 12.0 Å². The second kappa shape index (κ2) is 8.67. The van der Waals surface area contributed by atoms with Crippen LogP contribution in [0.3, 0.4) is 0 Å². The lowest BCUT2D eigenvalue weighted by atomic mass is 10.2. The third-order valence-corrected chi connectivity index (χ3v) is 4.11. The standard InChI is InChI=1S/C15H19N3O6S/c19-6-5-16-14(20)13-7-12(25)8-17(13)15(21)24-9-10-1-3-11(4-2-10)18(22)23/h1-4,12-13,19,25H,5-9H2,(H,16,20)/t12-,13-/m0/s1. The quantitative estimate of drug-likeness (QED) is 0.386. The van der Waals surface area contributed by atoms with Crippen LogP contribution in [0.25, 0.3) is 0 Å². The first-order chi connectivity index (χ1) is 11.9. The van der Waals surface area contributed by atoms with E-state index in [1.807, 2.05) is 0 Å². The normalized spacial score (nSPS) is 19.5. The molecule has 9 nitrogen and oxygen atoms in total. The molecule has 1 aliphatic rings. The molecule has 136 valence electrons. The predicted octanol–water partition coefficient (Wildman–Crippen LogP) is 0.713. The van der Waals surface area contributed by atoms with Crippen LogP contribution >= 0.6 is 12.6 Å². The molecule has 2 N–H and O–H groups in total. The molecule has 0 aromatic heterocycles. The first-order valence-electron chi connectivity index (χ1n) is 7.65. The summed E-state index contributed by atoms with van der Waals surface area (Å²) in [5.74, 6) is -0.363. The van der Waals surface area contributed by atoms with E-state index in [1.54, 1.807) is 0 Å². The third-order valence-electron chi connectivity index (χ3n) is 3.74. The van der Waals surface area contributed by atoms with Gasteiger partial charge < -0.3 is 15.2 Å². The number of nitrogens with zero attached hydrogens (tertiary/aromatic N) is 2. The number of ether oxygens (including phenoxy) is 1. The fourth-order valence-electron chi connectivity index (χ4n) is 2.50. The fourth-order valence-corrected chi connectivity index (χ4v) is 2.88. The number of hydrogen-bond acceptors (Lipinski definition) is 7. The Hall–Kier alpha value is -2.33. The van der Waals surface area contributed by atoms with Gasteiger partial charge in [-0.15, -0.1) is 0 Å². The van der Waals surface area contributed by atoms with Crippen molar-refractivity contribution in [1.29, 1.82) is 0 Å². The van der Waals surface area contributed by atoms with Gasteiger partial charge in [-0.3, -0.25) is 19.8 Å². The molecule has 0 aliphatic carbocycles. The second-order valence-corrected chi connectivity index (χ2v) is 6.28. The third kappa shape index (κ3) is 5.07. The maximum absolute atomic E-state index is 12.3.